The van der Waals surface area contributed by atoms with Gasteiger partial charge in [0.1, 0.15) is 12.4 Å². The van der Waals surface area contributed by atoms with Crippen molar-refractivity contribution in [3.05, 3.63) is 42.6 Å². The van der Waals surface area contributed by atoms with Crippen LogP contribution in [0.3, 0.4) is 0 Å². The average molecular weight is 557 g/mol. The van der Waals surface area contributed by atoms with Crippen molar-refractivity contribution in [3.63, 3.8) is 0 Å². The maximum absolute atomic E-state index is 11.8. The van der Waals surface area contributed by atoms with Crippen molar-refractivity contribution < 1.29 is 19.4 Å². The second kappa shape index (κ2) is 11.1. The molecule has 0 spiro atoms. The van der Waals surface area contributed by atoms with Gasteiger partial charge >= 0.3 is 12.1 Å². The summed E-state index contributed by atoms with van der Waals surface area (Å²) in [6.45, 7) is 2.44. The van der Waals surface area contributed by atoms with E-state index in [1.54, 1.807) is 17.8 Å². The number of methoxy groups -OCH3 is 1. The molecule has 0 bridgehead atoms. The quantitative estimate of drug-likeness (QED) is 0.361. The smallest absolute Gasteiger partial charge is 0.407 e. The molecule has 41 heavy (non-hydrogen) atoms. The number of carbonyl (C=O) groups is 1. The van der Waals surface area contributed by atoms with Crippen molar-refractivity contribution in [1.29, 1.82) is 5.26 Å². The molecule has 12 heteroatoms. The lowest BCUT2D eigenvalue weighted by atomic mass is 10.0. The van der Waals surface area contributed by atoms with Gasteiger partial charge in [0.05, 0.1) is 37.5 Å². The van der Waals surface area contributed by atoms with Crippen LogP contribution >= 0.6 is 0 Å². The minimum Gasteiger partial charge on any atom is -0.497 e. The Morgan fingerprint density at radius 3 is 2.80 bits per heavy atom. The van der Waals surface area contributed by atoms with Crippen molar-refractivity contribution in [2.45, 2.75) is 31.3 Å². The predicted molar refractivity (Wildman–Crippen MR) is 152 cm³/mol. The van der Waals surface area contributed by atoms with Gasteiger partial charge in [0.25, 0.3) is 0 Å². The van der Waals surface area contributed by atoms with E-state index in [2.05, 4.69) is 24.1 Å². The molecule has 2 aliphatic rings. The number of hydrogen-bond acceptors (Lipinski definition) is 9. The molecule has 2 fully saturated rings. The summed E-state index contributed by atoms with van der Waals surface area (Å²) in [5.74, 6) is 1.26. The fourth-order valence-corrected chi connectivity index (χ4v) is 5.86. The van der Waals surface area contributed by atoms with Gasteiger partial charge in [-0.25, -0.2) is 14.3 Å². The Bertz CT molecular complexity index is 1630. The SMILES string of the molecule is COc1cc(-c2cnc3c(N4CCN(C(=O)O)[C@@H](CC#N)C4)nc(OC[C@@H]4CCCN4C)nn23)c2ccccc2c1. The van der Waals surface area contributed by atoms with Crippen molar-refractivity contribution in [3.8, 4) is 29.1 Å². The maximum atomic E-state index is 11.8. The van der Waals surface area contributed by atoms with Crippen LogP contribution in [0.4, 0.5) is 10.6 Å². The molecule has 212 valence electrons. The normalized spacial score (nSPS) is 19.5. The van der Waals surface area contributed by atoms with E-state index in [-0.39, 0.29) is 25.0 Å². The number of carboxylic acid groups (broad SMARTS) is 1. The molecule has 2 aliphatic heterocycles. The van der Waals surface area contributed by atoms with Gasteiger partial charge in [0, 0.05) is 31.2 Å². The van der Waals surface area contributed by atoms with Crippen molar-refractivity contribution in [1.82, 2.24) is 29.4 Å². The summed E-state index contributed by atoms with van der Waals surface area (Å²) in [6.07, 6.45) is 2.99. The molecule has 2 aromatic carbocycles. The first kappa shape index (κ1) is 26.6. The highest BCUT2D eigenvalue weighted by Gasteiger charge is 2.33. The lowest BCUT2D eigenvalue weighted by Crippen LogP contribution is -2.55. The van der Waals surface area contributed by atoms with Gasteiger partial charge in [-0.05, 0) is 49.3 Å². The summed E-state index contributed by atoms with van der Waals surface area (Å²) in [7, 11) is 3.73. The largest absolute Gasteiger partial charge is 0.497 e. The van der Waals surface area contributed by atoms with E-state index < -0.39 is 12.1 Å². The number of ether oxygens (including phenoxy) is 2. The molecular weight excluding hydrogens is 524 g/mol. The zero-order chi connectivity index (χ0) is 28.5. The van der Waals surface area contributed by atoms with E-state index in [1.165, 1.54) is 4.90 Å². The minimum atomic E-state index is -1.03. The standard InChI is InChI=1S/C29H32N8O4/c1-34-11-5-7-21(34)18-41-28-32-27(35-12-13-36(29(38)39)20(17-35)9-10-30)26-31-16-25(37(26)33-28)24-15-22(40-2)14-19-6-3-4-8-23(19)24/h3-4,6,8,14-16,20-21H,5,7,9,11-13,17-18H2,1-2H3,(H,38,39)/t20-,21-/m0/s1. The van der Waals surface area contributed by atoms with E-state index >= 15 is 0 Å². The predicted octanol–water partition coefficient (Wildman–Crippen LogP) is 3.51. The Balaban J connectivity index is 1.46. The third-order valence-corrected chi connectivity index (χ3v) is 8.10. The first-order valence-electron chi connectivity index (χ1n) is 13.7. The van der Waals surface area contributed by atoms with E-state index in [0.717, 1.165) is 41.4 Å². The summed E-state index contributed by atoms with van der Waals surface area (Å²) in [4.78, 5) is 27.0. The average Bonchev–Trinajstić information content (AvgIpc) is 3.60. The minimum absolute atomic E-state index is 0.0804. The number of piperazine rings is 1. The first-order chi connectivity index (χ1) is 20.0. The number of amides is 1. The highest BCUT2D eigenvalue weighted by atomic mass is 16.5. The van der Waals surface area contributed by atoms with Gasteiger partial charge in [0.15, 0.2) is 11.5 Å². The number of nitrogens with zero attached hydrogens (tertiary/aromatic N) is 8. The molecule has 1 N–H and O–H groups in total. The van der Waals surface area contributed by atoms with Crippen LogP contribution in [0.2, 0.25) is 0 Å². The number of aromatic nitrogens is 4. The molecule has 2 aromatic heterocycles. The van der Waals surface area contributed by atoms with Crippen LogP contribution in [-0.4, -0.2) is 99.6 Å². The summed E-state index contributed by atoms with van der Waals surface area (Å²) in [6, 6.07) is 14.2. The van der Waals surface area contributed by atoms with Crippen molar-refractivity contribution in [2.75, 3.05) is 51.8 Å². The zero-order valence-corrected chi connectivity index (χ0v) is 23.1. The molecule has 6 rings (SSSR count). The molecule has 0 radical (unpaired) electrons. The maximum Gasteiger partial charge on any atom is 0.407 e. The van der Waals surface area contributed by atoms with Gasteiger partial charge in [-0.1, -0.05) is 24.3 Å². The molecule has 12 nitrogen and oxygen atoms in total. The van der Waals surface area contributed by atoms with Crippen LogP contribution in [0.15, 0.2) is 42.6 Å². The second-order valence-electron chi connectivity index (χ2n) is 10.5. The lowest BCUT2D eigenvalue weighted by Gasteiger charge is -2.39. The molecule has 2 saturated heterocycles. The molecular formula is C29H32N8O4. The molecule has 2 atom stereocenters. The molecule has 1 amide bonds. The molecule has 0 unspecified atom stereocenters. The van der Waals surface area contributed by atoms with Crippen LogP contribution in [0.1, 0.15) is 19.3 Å². The zero-order valence-electron chi connectivity index (χ0n) is 23.1. The number of likely N-dealkylation sites (tertiary alicyclic amines) is 1. The number of benzene rings is 2. The second-order valence-corrected chi connectivity index (χ2v) is 10.5. The number of imidazole rings is 1. The van der Waals surface area contributed by atoms with E-state index in [9.17, 15) is 15.2 Å². The number of fused-ring (bicyclic) bond motifs is 2. The molecule has 4 heterocycles. The Hall–Kier alpha value is -4.63. The number of nitriles is 1. The van der Waals surface area contributed by atoms with Gasteiger partial charge in [-0.2, -0.15) is 10.2 Å². The van der Waals surface area contributed by atoms with Gasteiger partial charge in [-0.3, -0.25) is 0 Å². The van der Waals surface area contributed by atoms with Gasteiger partial charge in [-0.15, -0.1) is 5.10 Å². The van der Waals surface area contributed by atoms with Crippen LogP contribution in [0.25, 0.3) is 27.7 Å². The number of rotatable bonds is 7. The van der Waals surface area contributed by atoms with Crippen LogP contribution in [-0.2, 0) is 0 Å². The Morgan fingerprint density at radius 2 is 2.05 bits per heavy atom. The van der Waals surface area contributed by atoms with E-state index in [0.29, 0.717) is 36.9 Å². The number of anilines is 1. The third kappa shape index (κ3) is 5.04. The number of likely N-dealkylation sites (N-methyl/N-ethyl adjacent to an activating group) is 1. The van der Waals surface area contributed by atoms with Crippen LogP contribution in [0.5, 0.6) is 11.8 Å². The van der Waals surface area contributed by atoms with E-state index in [1.807, 2.05) is 35.2 Å². The lowest BCUT2D eigenvalue weighted by molar-refractivity contribution is 0.119. The fourth-order valence-electron chi connectivity index (χ4n) is 5.86. The Morgan fingerprint density at radius 1 is 1.20 bits per heavy atom. The van der Waals surface area contributed by atoms with Gasteiger partial charge in [0.2, 0.25) is 0 Å². The first-order valence-corrected chi connectivity index (χ1v) is 13.7. The van der Waals surface area contributed by atoms with Crippen LogP contribution in [0, 0.1) is 11.3 Å². The molecule has 0 aliphatic carbocycles. The third-order valence-electron chi connectivity index (χ3n) is 8.10. The number of hydrogen-bond donors (Lipinski definition) is 1. The Labute approximate surface area is 237 Å². The summed E-state index contributed by atoms with van der Waals surface area (Å²) >= 11 is 0. The van der Waals surface area contributed by atoms with Gasteiger partial charge < -0.3 is 29.3 Å². The summed E-state index contributed by atoms with van der Waals surface area (Å²) < 4.78 is 13.6. The summed E-state index contributed by atoms with van der Waals surface area (Å²) in [5, 5.41) is 25.9. The fraction of sp³-hybridized carbons (Fsp3) is 0.414. The highest BCUT2D eigenvalue weighted by molar-refractivity contribution is 5.97. The molecule has 0 saturated carbocycles. The van der Waals surface area contributed by atoms with Crippen LogP contribution < -0.4 is 14.4 Å². The molecule has 4 aromatic rings. The Kier molecular flexibility index (Phi) is 7.19. The summed E-state index contributed by atoms with van der Waals surface area (Å²) in [5.41, 5.74) is 2.17. The van der Waals surface area contributed by atoms with E-state index in [4.69, 9.17) is 24.5 Å². The van der Waals surface area contributed by atoms with Crippen molar-refractivity contribution >= 4 is 28.3 Å². The monoisotopic (exact) mass is 556 g/mol. The highest BCUT2D eigenvalue weighted by Crippen LogP contribution is 2.35. The van der Waals surface area contributed by atoms with Crippen molar-refractivity contribution in [2.24, 2.45) is 0 Å². The topological polar surface area (TPSA) is 132 Å².